The molecule has 0 bridgehead atoms. The van der Waals surface area contributed by atoms with Gasteiger partial charge in [0.15, 0.2) is 5.82 Å². The summed E-state index contributed by atoms with van der Waals surface area (Å²) in [5.41, 5.74) is 0.912. The largest absolute Gasteiger partial charge is 0.359 e. The Morgan fingerprint density at radius 3 is 2.73 bits per heavy atom. The summed E-state index contributed by atoms with van der Waals surface area (Å²) in [4.78, 5) is 12.3. The molecule has 0 aliphatic heterocycles. The highest BCUT2D eigenvalue weighted by atomic mass is 35.5. The average Bonchev–Trinajstić information content (AvgIpc) is 3.09. The quantitative estimate of drug-likeness (QED) is 0.914. The van der Waals surface area contributed by atoms with Crippen molar-refractivity contribution in [3.8, 4) is 0 Å². The number of carbonyl (C=O) groups is 1. The van der Waals surface area contributed by atoms with Gasteiger partial charge in [0.25, 0.3) is 0 Å². The van der Waals surface area contributed by atoms with E-state index in [9.17, 15) is 4.79 Å². The highest BCUT2D eigenvalue weighted by Crippen LogP contribution is 2.50. The summed E-state index contributed by atoms with van der Waals surface area (Å²) < 4.78 is 5.27. The fraction of sp³-hybridized carbons (Fsp3) is 0.412. The fourth-order valence-corrected chi connectivity index (χ4v) is 2.79. The summed E-state index contributed by atoms with van der Waals surface area (Å²) in [6, 6.07) is 9.46. The lowest BCUT2D eigenvalue weighted by molar-refractivity contribution is -0.117. The third-order valence-corrected chi connectivity index (χ3v) is 4.28. The summed E-state index contributed by atoms with van der Waals surface area (Å²) in [6.07, 6.45) is 0.819. The molecular weight excluding hydrogens is 300 g/mol. The molecule has 2 atom stereocenters. The highest BCUT2D eigenvalue weighted by molar-refractivity contribution is 6.31. The highest BCUT2D eigenvalue weighted by Gasteiger charge is 2.45. The van der Waals surface area contributed by atoms with Gasteiger partial charge < -0.3 is 9.84 Å². The molecule has 22 heavy (non-hydrogen) atoms. The number of halogens is 1. The van der Waals surface area contributed by atoms with Crippen LogP contribution in [-0.4, -0.2) is 11.1 Å². The van der Waals surface area contributed by atoms with Crippen LogP contribution >= 0.6 is 11.6 Å². The molecule has 2 aromatic rings. The van der Waals surface area contributed by atoms with E-state index in [0.29, 0.717) is 5.82 Å². The Morgan fingerprint density at radius 1 is 1.36 bits per heavy atom. The van der Waals surface area contributed by atoms with Crippen LogP contribution in [0.4, 0.5) is 5.82 Å². The number of aromatic nitrogens is 1. The van der Waals surface area contributed by atoms with Crippen molar-refractivity contribution in [2.24, 2.45) is 5.92 Å². The van der Waals surface area contributed by atoms with E-state index >= 15 is 0 Å². The molecule has 1 aliphatic carbocycles. The molecular formula is C17H19ClN2O2. The van der Waals surface area contributed by atoms with Gasteiger partial charge in [-0.2, -0.15) is 0 Å². The maximum atomic E-state index is 12.3. The zero-order valence-corrected chi connectivity index (χ0v) is 13.6. The van der Waals surface area contributed by atoms with Crippen LogP contribution in [0.3, 0.4) is 0 Å². The van der Waals surface area contributed by atoms with Gasteiger partial charge in [-0.15, -0.1) is 0 Å². The van der Waals surface area contributed by atoms with Gasteiger partial charge in [0.2, 0.25) is 5.91 Å². The normalized spacial score (nSPS) is 20.7. The maximum absolute atomic E-state index is 12.3. The van der Waals surface area contributed by atoms with Gasteiger partial charge in [-0.25, -0.2) is 0 Å². The van der Waals surface area contributed by atoms with Crippen LogP contribution in [-0.2, 0) is 10.2 Å². The standard InChI is InChI=1S/C17H19ClN2O2/c1-17(2,3)14-9-15(20-22-14)19-16(21)12-8-11(12)10-6-4-5-7-13(10)18/h4-7,9,11-12H,8H2,1-3H3,(H,19,20,21). The minimum atomic E-state index is -0.129. The van der Waals surface area contributed by atoms with Gasteiger partial charge in [0.05, 0.1) is 0 Å². The van der Waals surface area contributed by atoms with Gasteiger partial charge in [0, 0.05) is 22.4 Å². The molecule has 1 aliphatic rings. The Morgan fingerprint density at radius 2 is 2.09 bits per heavy atom. The molecule has 1 heterocycles. The molecule has 1 aromatic carbocycles. The second-order valence-corrected chi connectivity index (χ2v) is 7.19. The van der Waals surface area contributed by atoms with Crippen LogP contribution < -0.4 is 5.32 Å². The van der Waals surface area contributed by atoms with E-state index < -0.39 is 0 Å². The Kier molecular flexibility index (Phi) is 3.73. The molecule has 116 valence electrons. The number of benzene rings is 1. The summed E-state index contributed by atoms with van der Waals surface area (Å²) >= 11 is 6.18. The van der Waals surface area contributed by atoms with E-state index in [-0.39, 0.29) is 23.2 Å². The zero-order valence-electron chi connectivity index (χ0n) is 12.9. The molecule has 0 spiro atoms. The third kappa shape index (κ3) is 3.02. The summed E-state index contributed by atoms with van der Waals surface area (Å²) in [5, 5.41) is 7.47. The van der Waals surface area contributed by atoms with Crippen LogP contribution in [0.5, 0.6) is 0 Å². The Balaban J connectivity index is 1.65. The molecule has 0 radical (unpaired) electrons. The van der Waals surface area contributed by atoms with E-state index in [1.54, 1.807) is 6.07 Å². The summed E-state index contributed by atoms with van der Waals surface area (Å²) in [7, 11) is 0. The van der Waals surface area contributed by atoms with E-state index in [4.69, 9.17) is 16.1 Å². The number of nitrogens with one attached hydrogen (secondary N) is 1. The van der Waals surface area contributed by atoms with Crippen molar-refractivity contribution < 1.29 is 9.32 Å². The van der Waals surface area contributed by atoms with E-state index in [1.807, 2.05) is 45.0 Å². The molecule has 1 amide bonds. The molecule has 0 saturated heterocycles. The molecule has 2 unspecified atom stereocenters. The van der Waals surface area contributed by atoms with Crippen molar-refractivity contribution in [3.63, 3.8) is 0 Å². The second-order valence-electron chi connectivity index (χ2n) is 6.79. The first-order chi connectivity index (χ1) is 10.4. The maximum Gasteiger partial charge on any atom is 0.229 e. The number of amides is 1. The van der Waals surface area contributed by atoms with E-state index in [1.165, 1.54) is 0 Å². The van der Waals surface area contributed by atoms with Crippen LogP contribution in [0.1, 0.15) is 44.4 Å². The minimum absolute atomic E-state index is 0.0290. The lowest BCUT2D eigenvalue weighted by Gasteiger charge is -2.12. The molecule has 1 fully saturated rings. The van der Waals surface area contributed by atoms with Crippen molar-refractivity contribution >= 4 is 23.3 Å². The van der Waals surface area contributed by atoms with Crippen molar-refractivity contribution in [2.75, 3.05) is 5.32 Å². The number of carbonyl (C=O) groups excluding carboxylic acids is 1. The lowest BCUT2D eigenvalue weighted by Crippen LogP contribution is -2.15. The molecule has 1 N–H and O–H groups in total. The predicted octanol–water partition coefficient (Wildman–Crippen LogP) is 4.37. The number of rotatable bonds is 3. The predicted molar refractivity (Wildman–Crippen MR) is 86.1 cm³/mol. The smallest absolute Gasteiger partial charge is 0.229 e. The van der Waals surface area contributed by atoms with Crippen molar-refractivity contribution in [3.05, 3.63) is 46.7 Å². The first kappa shape index (κ1) is 15.1. The Hall–Kier alpha value is -1.81. The van der Waals surface area contributed by atoms with Crippen LogP contribution in [0.25, 0.3) is 0 Å². The first-order valence-electron chi connectivity index (χ1n) is 7.39. The SMILES string of the molecule is CC(C)(C)c1cc(NC(=O)C2CC2c2ccccc2Cl)no1. The van der Waals surface area contributed by atoms with Gasteiger partial charge in [0.1, 0.15) is 5.76 Å². The first-order valence-corrected chi connectivity index (χ1v) is 7.76. The third-order valence-electron chi connectivity index (χ3n) is 3.93. The molecule has 3 rings (SSSR count). The molecule has 4 nitrogen and oxygen atoms in total. The topological polar surface area (TPSA) is 55.1 Å². The van der Waals surface area contributed by atoms with E-state index in [2.05, 4.69) is 10.5 Å². The number of nitrogens with zero attached hydrogens (tertiary/aromatic N) is 1. The van der Waals surface area contributed by atoms with Gasteiger partial charge in [-0.05, 0) is 24.0 Å². The van der Waals surface area contributed by atoms with Crippen molar-refractivity contribution in [2.45, 2.75) is 38.5 Å². The molecule has 1 saturated carbocycles. The van der Waals surface area contributed by atoms with Crippen LogP contribution in [0, 0.1) is 5.92 Å². The summed E-state index contributed by atoms with van der Waals surface area (Å²) in [5.74, 6) is 1.34. The van der Waals surface area contributed by atoms with Gasteiger partial charge >= 0.3 is 0 Å². The zero-order chi connectivity index (χ0) is 15.9. The lowest BCUT2D eigenvalue weighted by atomic mass is 9.93. The van der Waals surface area contributed by atoms with Crippen molar-refractivity contribution in [1.29, 1.82) is 0 Å². The minimum Gasteiger partial charge on any atom is -0.359 e. The Labute approximate surface area is 134 Å². The van der Waals surface area contributed by atoms with E-state index in [0.717, 1.165) is 22.8 Å². The van der Waals surface area contributed by atoms with Crippen molar-refractivity contribution in [1.82, 2.24) is 5.16 Å². The fourth-order valence-electron chi connectivity index (χ4n) is 2.51. The van der Waals surface area contributed by atoms with Gasteiger partial charge in [-0.1, -0.05) is 55.7 Å². The number of anilines is 1. The second kappa shape index (κ2) is 5.43. The van der Waals surface area contributed by atoms with Crippen LogP contribution in [0.2, 0.25) is 5.02 Å². The Bertz CT molecular complexity index is 703. The number of hydrogen-bond donors (Lipinski definition) is 1. The monoisotopic (exact) mass is 318 g/mol. The average molecular weight is 319 g/mol. The van der Waals surface area contributed by atoms with Gasteiger partial charge in [-0.3, -0.25) is 4.79 Å². The molecule has 1 aromatic heterocycles. The number of hydrogen-bond acceptors (Lipinski definition) is 3. The molecule has 5 heteroatoms. The van der Waals surface area contributed by atoms with Crippen LogP contribution in [0.15, 0.2) is 34.9 Å². The summed E-state index contributed by atoms with van der Waals surface area (Å²) in [6.45, 7) is 6.11.